The van der Waals surface area contributed by atoms with Crippen molar-refractivity contribution in [2.75, 3.05) is 0 Å². The number of rotatable bonds is 13. The molecule has 0 radical (unpaired) electrons. The zero-order valence-corrected chi connectivity index (χ0v) is 24.6. The van der Waals surface area contributed by atoms with E-state index in [0.29, 0.717) is 12.3 Å². The van der Waals surface area contributed by atoms with Gasteiger partial charge in [-0.05, 0) is 51.0 Å². The molecular weight excluding hydrogens is 476 g/mol. The topological polar surface area (TPSA) is 69.7 Å². The molecule has 0 unspecified atom stereocenters. The number of Topliss-reactive ketones (excluding diaryl/α,β-unsaturated/α-hetero) is 1. The van der Waals surface area contributed by atoms with Crippen molar-refractivity contribution in [2.45, 2.75) is 98.9 Å². The second-order valence-electron chi connectivity index (χ2n) is 11.7. The lowest BCUT2D eigenvalue weighted by atomic mass is 9.83. The van der Waals surface area contributed by atoms with Gasteiger partial charge < -0.3 is 14.3 Å². The number of hydrogen-bond donors (Lipinski definition) is 0. The first-order valence-corrected chi connectivity index (χ1v) is 14.2. The lowest BCUT2D eigenvalue weighted by Gasteiger charge is -2.26. The van der Waals surface area contributed by atoms with Gasteiger partial charge in [-0.3, -0.25) is 4.79 Å². The standard InChI is InChI=1S/C33H48O5/c1-9-28(14-15-29-24(4)13-16-30(35)37-29)20-23(3)12-10-11-22(2)19-25(5)31(36)27(7)32-26(6)21-33(8,38-32)17-18-34/h10-11,13-16,18-20,23-27,29,32H,9,12,17,21H2,1-8H3/b11-10+,15-14+,22-19+,28-20-/t23-,24-,25-,26+,27+,29+,32-,33+/m1/s1. The number of esters is 1. The molecule has 1 saturated heterocycles. The van der Waals surface area contributed by atoms with Gasteiger partial charge in [0.05, 0.1) is 11.7 Å². The molecule has 8 atom stereocenters. The molecule has 0 N–H and O–H groups in total. The summed E-state index contributed by atoms with van der Waals surface area (Å²) in [7, 11) is 0. The molecule has 0 amide bonds. The lowest BCUT2D eigenvalue weighted by molar-refractivity contribution is -0.143. The number of cyclic esters (lactones) is 1. The van der Waals surface area contributed by atoms with Crippen LogP contribution in [0.5, 0.6) is 0 Å². The van der Waals surface area contributed by atoms with E-state index in [1.54, 1.807) is 0 Å². The van der Waals surface area contributed by atoms with Gasteiger partial charge in [0.2, 0.25) is 0 Å². The highest BCUT2D eigenvalue weighted by molar-refractivity contribution is 5.85. The Labute approximate surface area is 230 Å². The fourth-order valence-corrected chi connectivity index (χ4v) is 5.55. The van der Waals surface area contributed by atoms with Crippen molar-refractivity contribution >= 4 is 18.0 Å². The van der Waals surface area contributed by atoms with Crippen LogP contribution in [0, 0.1) is 29.6 Å². The van der Waals surface area contributed by atoms with Crippen LogP contribution >= 0.6 is 0 Å². The Morgan fingerprint density at radius 3 is 2.55 bits per heavy atom. The Kier molecular flexibility index (Phi) is 12.2. The predicted molar refractivity (Wildman–Crippen MR) is 153 cm³/mol. The summed E-state index contributed by atoms with van der Waals surface area (Å²) in [5.74, 6) is 0.232. The Balaban J connectivity index is 1.91. The van der Waals surface area contributed by atoms with Gasteiger partial charge in [0, 0.05) is 30.3 Å². The van der Waals surface area contributed by atoms with Gasteiger partial charge in [-0.1, -0.05) is 89.1 Å². The summed E-state index contributed by atoms with van der Waals surface area (Å²) >= 11 is 0. The molecule has 2 aliphatic rings. The molecule has 210 valence electrons. The van der Waals surface area contributed by atoms with E-state index in [1.807, 2.05) is 52.8 Å². The fraction of sp³-hybridized carbons (Fsp3) is 0.606. The van der Waals surface area contributed by atoms with Gasteiger partial charge >= 0.3 is 5.97 Å². The van der Waals surface area contributed by atoms with E-state index in [1.165, 1.54) is 11.6 Å². The summed E-state index contributed by atoms with van der Waals surface area (Å²) in [4.78, 5) is 35.7. The SMILES string of the molecule is CCC(=C/[C@H](C)C/C=C/C(C)=C/[C@@H](C)C(=O)[C@H](C)[C@@H]1O[C@@](C)(CC=O)C[C@@H]1C)/C=C/[C@@H]1OC(=O)C=C[C@H]1C. The molecule has 0 aromatic carbocycles. The number of allylic oxidation sites excluding steroid dienone is 7. The maximum atomic E-state index is 13.2. The van der Waals surface area contributed by atoms with Crippen LogP contribution in [0.3, 0.4) is 0 Å². The molecule has 0 aromatic rings. The van der Waals surface area contributed by atoms with Crippen molar-refractivity contribution < 1.29 is 23.9 Å². The average molecular weight is 525 g/mol. The van der Waals surface area contributed by atoms with Crippen molar-refractivity contribution in [3.05, 3.63) is 59.8 Å². The third-order valence-electron chi connectivity index (χ3n) is 7.76. The van der Waals surface area contributed by atoms with E-state index < -0.39 is 5.60 Å². The van der Waals surface area contributed by atoms with E-state index in [0.717, 1.165) is 31.1 Å². The van der Waals surface area contributed by atoms with Crippen molar-refractivity contribution in [1.82, 2.24) is 0 Å². The van der Waals surface area contributed by atoms with Gasteiger partial charge in [0.15, 0.2) is 0 Å². The largest absolute Gasteiger partial charge is 0.454 e. The van der Waals surface area contributed by atoms with Gasteiger partial charge in [-0.25, -0.2) is 4.79 Å². The Morgan fingerprint density at radius 1 is 1.18 bits per heavy atom. The van der Waals surface area contributed by atoms with E-state index >= 15 is 0 Å². The highest BCUT2D eigenvalue weighted by Gasteiger charge is 2.45. The molecule has 2 aliphatic heterocycles. The second kappa shape index (κ2) is 14.6. The minimum absolute atomic E-state index is 0.154. The average Bonchev–Trinajstić information content (AvgIpc) is 3.16. The summed E-state index contributed by atoms with van der Waals surface area (Å²) < 4.78 is 11.6. The first-order chi connectivity index (χ1) is 17.9. The number of carbonyl (C=O) groups is 3. The van der Waals surface area contributed by atoms with Gasteiger partial charge in [0.25, 0.3) is 0 Å². The minimum atomic E-state index is -0.463. The number of hydrogen-bond acceptors (Lipinski definition) is 5. The highest BCUT2D eigenvalue weighted by Crippen LogP contribution is 2.40. The first-order valence-electron chi connectivity index (χ1n) is 14.2. The molecule has 2 heterocycles. The first kappa shape index (κ1) is 31.7. The van der Waals surface area contributed by atoms with Crippen LogP contribution in [0.2, 0.25) is 0 Å². The molecular formula is C33H48O5. The van der Waals surface area contributed by atoms with E-state index in [-0.39, 0.29) is 47.6 Å². The van der Waals surface area contributed by atoms with Crippen molar-refractivity contribution in [1.29, 1.82) is 0 Å². The van der Waals surface area contributed by atoms with Crippen LogP contribution in [0.15, 0.2) is 59.8 Å². The molecule has 38 heavy (non-hydrogen) atoms. The highest BCUT2D eigenvalue weighted by atomic mass is 16.5. The molecule has 0 spiro atoms. The third kappa shape index (κ3) is 9.34. The zero-order chi connectivity index (χ0) is 28.5. The molecule has 1 fully saturated rings. The predicted octanol–water partition coefficient (Wildman–Crippen LogP) is 7.14. The summed E-state index contributed by atoms with van der Waals surface area (Å²) in [5.41, 5.74) is 1.82. The van der Waals surface area contributed by atoms with Gasteiger partial charge in [-0.15, -0.1) is 0 Å². The van der Waals surface area contributed by atoms with Gasteiger partial charge in [-0.2, -0.15) is 0 Å². The fourth-order valence-electron chi connectivity index (χ4n) is 5.55. The maximum Gasteiger partial charge on any atom is 0.331 e. The third-order valence-corrected chi connectivity index (χ3v) is 7.76. The summed E-state index contributed by atoms with van der Waals surface area (Å²) in [6.45, 7) is 16.4. The Hall–Kier alpha value is -2.53. The van der Waals surface area contributed by atoms with Crippen molar-refractivity contribution in [3.63, 3.8) is 0 Å². The number of aldehydes is 1. The van der Waals surface area contributed by atoms with Crippen LogP contribution in [0.1, 0.15) is 81.1 Å². The van der Waals surface area contributed by atoms with Crippen LogP contribution in [-0.2, 0) is 23.9 Å². The molecule has 0 aliphatic carbocycles. The lowest BCUT2D eigenvalue weighted by Crippen LogP contribution is -2.34. The van der Waals surface area contributed by atoms with E-state index in [9.17, 15) is 14.4 Å². The summed E-state index contributed by atoms with van der Waals surface area (Å²) in [6, 6.07) is 0. The van der Waals surface area contributed by atoms with Crippen LogP contribution < -0.4 is 0 Å². The van der Waals surface area contributed by atoms with E-state index in [2.05, 4.69) is 45.1 Å². The summed E-state index contributed by atoms with van der Waals surface area (Å²) in [5, 5.41) is 0. The Morgan fingerprint density at radius 2 is 1.89 bits per heavy atom. The number of carbonyl (C=O) groups excluding carboxylic acids is 3. The molecule has 0 saturated carbocycles. The van der Waals surface area contributed by atoms with Crippen LogP contribution in [0.25, 0.3) is 0 Å². The second-order valence-corrected chi connectivity index (χ2v) is 11.7. The van der Waals surface area contributed by atoms with Gasteiger partial charge in [0.1, 0.15) is 18.2 Å². The molecule has 5 nitrogen and oxygen atoms in total. The van der Waals surface area contributed by atoms with Crippen LogP contribution in [0.4, 0.5) is 0 Å². The Bertz CT molecular complexity index is 983. The molecule has 0 bridgehead atoms. The quantitative estimate of drug-likeness (QED) is 0.145. The maximum absolute atomic E-state index is 13.2. The smallest absolute Gasteiger partial charge is 0.331 e. The van der Waals surface area contributed by atoms with Crippen molar-refractivity contribution in [2.24, 2.45) is 29.6 Å². The monoisotopic (exact) mass is 524 g/mol. The van der Waals surface area contributed by atoms with E-state index in [4.69, 9.17) is 9.47 Å². The number of ketones is 1. The number of ether oxygens (including phenoxy) is 2. The minimum Gasteiger partial charge on any atom is -0.454 e. The molecule has 0 aromatic heterocycles. The normalized spacial score (nSPS) is 31.0. The summed E-state index contributed by atoms with van der Waals surface area (Å²) in [6.07, 6.45) is 19.5. The molecule has 2 rings (SSSR count). The van der Waals surface area contributed by atoms with Crippen molar-refractivity contribution in [3.8, 4) is 0 Å². The molecule has 5 heteroatoms. The zero-order valence-electron chi connectivity index (χ0n) is 24.6. The van der Waals surface area contributed by atoms with Crippen LogP contribution in [-0.4, -0.2) is 35.8 Å².